The van der Waals surface area contributed by atoms with E-state index in [1.807, 2.05) is 14.1 Å². The van der Waals surface area contributed by atoms with Crippen molar-refractivity contribution in [1.82, 2.24) is 4.90 Å². The van der Waals surface area contributed by atoms with Gasteiger partial charge in [0.15, 0.2) is 0 Å². The maximum Gasteiger partial charge on any atom is 0.238 e. The molecule has 0 fully saturated rings. The zero-order valence-electron chi connectivity index (χ0n) is 9.78. The van der Waals surface area contributed by atoms with Gasteiger partial charge in [-0.3, -0.25) is 4.79 Å². The molecule has 0 aliphatic carbocycles. The Morgan fingerprint density at radius 1 is 1.50 bits per heavy atom. The summed E-state index contributed by atoms with van der Waals surface area (Å²) in [4.78, 5) is 13.3. The van der Waals surface area contributed by atoms with E-state index in [9.17, 15) is 4.79 Å². The van der Waals surface area contributed by atoms with E-state index in [2.05, 4.69) is 5.32 Å². The Morgan fingerprint density at radius 2 is 2.19 bits per heavy atom. The molecule has 0 spiro atoms. The summed E-state index contributed by atoms with van der Waals surface area (Å²) >= 11 is 0. The molecule has 1 amide bonds. The van der Waals surface area contributed by atoms with Crippen molar-refractivity contribution >= 4 is 17.3 Å². The topological polar surface area (TPSA) is 67.6 Å². The SMILES string of the molecule is COc1ccc(N)c(NC(=O)CN(C)C)c1. The van der Waals surface area contributed by atoms with Gasteiger partial charge in [-0.1, -0.05) is 0 Å². The number of likely N-dealkylation sites (N-methyl/N-ethyl adjacent to an activating group) is 1. The molecule has 0 aromatic heterocycles. The van der Waals surface area contributed by atoms with Gasteiger partial charge in [-0.15, -0.1) is 0 Å². The monoisotopic (exact) mass is 223 g/mol. The summed E-state index contributed by atoms with van der Waals surface area (Å²) in [5.74, 6) is 0.555. The number of methoxy groups -OCH3 is 1. The minimum atomic E-state index is -0.107. The summed E-state index contributed by atoms with van der Waals surface area (Å²) in [6, 6.07) is 5.14. The third-order valence-corrected chi connectivity index (χ3v) is 1.99. The Labute approximate surface area is 95.2 Å². The molecule has 0 saturated heterocycles. The van der Waals surface area contributed by atoms with Gasteiger partial charge in [0.05, 0.1) is 25.0 Å². The molecule has 16 heavy (non-hydrogen) atoms. The van der Waals surface area contributed by atoms with Crippen LogP contribution < -0.4 is 15.8 Å². The Hall–Kier alpha value is -1.75. The first-order valence-electron chi connectivity index (χ1n) is 4.91. The maximum atomic E-state index is 11.5. The molecular formula is C11H17N3O2. The molecule has 5 nitrogen and oxygen atoms in total. The van der Waals surface area contributed by atoms with Crippen molar-refractivity contribution in [3.05, 3.63) is 18.2 Å². The van der Waals surface area contributed by atoms with E-state index in [-0.39, 0.29) is 5.91 Å². The lowest BCUT2D eigenvalue weighted by Gasteiger charge is -2.12. The molecule has 0 atom stereocenters. The number of rotatable bonds is 4. The van der Waals surface area contributed by atoms with Crippen molar-refractivity contribution in [3.8, 4) is 5.75 Å². The Bertz CT molecular complexity index is 377. The molecule has 0 radical (unpaired) electrons. The van der Waals surface area contributed by atoms with Crippen LogP contribution in [0.2, 0.25) is 0 Å². The van der Waals surface area contributed by atoms with Crippen molar-refractivity contribution in [2.24, 2.45) is 0 Å². The van der Waals surface area contributed by atoms with Crippen LogP contribution in [0.4, 0.5) is 11.4 Å². The number of carbonyl (C=O) groups excluding carboxylic acids is 1. The number of amides is 1. The minimum Gasteiger partial charge on any atom is -0.497 e. The molecular weight excluding hydrogens is 206 g/mol. The molecule has 0 bridgehead atoms. The summed E-state index contributed by atoms with van der Waals surface area (Å²) < 4.78 is 5.06. The summed E-state index contributed by atoms with van der Waals surface area (Å²) in [6.45, 7) is 0.316. The average molecular weight is 223 g/mol. The van der Waals surface area contributed by atoms with Crippen LogP contribution in [0.15, 0.2) is 18.2 Å². The van der Waals surface area contributed by atoms with Crippen molar-refractivity contribution in [2.75, 3.05) is 38.8 Å². The predicted molar refractivity (Wildman–Crippen MR) is 64.6 cm³/mol. The van der Waals surface area contributed by atoms with Crippen LogP contribution in [0.5, 0.6) is 5.75 Å². The highest BCUT2D eigenvalue weighted by molar-refractivity contribution is 5.95. The van der Waals surface area contributed by atoms with Gasteiger partial charge < -0.3 is 20.7 Å². The number of carbonyl (C=O) groups is 1. The van der Waals surface area contributed by atoms with E-state index in [0.717, 1.165) is 0 Å². The van der Waals surface area contributed by atoms with E-state index < -0.39 is 0 Å². The maximum absolute atomic E-state index is 11.5. The second-order valence-corrected chi connectivity index (χ2v) is 3.74. The summed E-state index contributed by atoms with van der Waals surface area (Å²) in [5.41, 5.74) is 6.84. The van der Waals surface area contributed by atoms with E-state index >= 15 is 0 Å². The standard InChI is InChI=1S/C11H17N3O2/c1-14(2)7-11(15)13-10-6-8(16-3)4-5-9(10)12/h4-6H,7,12H2,1-3H3,(H,13,15). The summed E-state index contributed by atoms with van der Waals surface area (Å²) in [5, 5.41) is 2.73. The second-order valence-electron chi connectivity index (χ2n) is 3.74. The van der Waals surface area contributed by atoms with Crippen molar-refractivity contribution < 1.29 is 9.53 Å². The first-order chi connectivity index (χ1) is 7.52. The van der Waals surface area contributed by atoms with Crippen molar-refractivity contribution in [1.29, 1.82) is 0 Å². The fourth-order valence-electron chi connectivity index (χ4n) is 1.25. The van der Waals surface area contributed by atoms with Crippen molar-refractivity contribution in [3.63, 3.8) is 0 Å². The van der Waals surface area contributed by atoms with Crippen LogP contribution in [-0.4, -0.2) is 38.6 Å². The van der Waals surface area contributed by atoms with Crippen LogP contribution in [-0.2, 0) is 4.79 Å². The number of hydrogen-bond acceptors (Lipinski definition) is 4. The molecule has 0 aliphatic rings. The summed E-state index contributed by atoms with van der Waals surface area (Å²) in [6.07, 6.45) is 0. The largest absolute Gasteiger partial charge is 0.497 e. The molecule has 0 saturated carbocycles. The number of ether oxygens (including phenoxy) is 1. The van der Waals surface area contributed by atoms with Gasteiger partial charge in [0.1, 0.15) is 5.75 Å². The van der Waals surface area contributed by atoms with Gasteiger partial charge in [-0.2, -0.15) is 0 Å². The Kier molecular flexibility index (Phi) is 4.13. The fraction of sp³-hybridized carbons (Fsp3) is 0.364. The second kappa shape index (κ2) is 5.37. The Morgan fingerprint density at radius 3 is 2.75 bits per heavy atom. The lowest BCUT2D eigenvalue weighted by molar-refractivity contribution is -0.116. The number of nitrogens with zero attached hydrogens (tertiary/aromatic N) is 1. The normalized spacial score (nSPS) is 10.2. The number of anilines is 2. The molecule has 1 rings (SSSR count). The third kappa shape index (κ3) is 3.43. The number of nitrogens with one attached hydrogen (secondary N) is 1. The van der Waals surface area contributed by atoms with Crippen LogP contribution in [0, 0.1) is 0 Å². The minimum absolute atomic E-state index is 0.107. The molecule has 0 unspecified atom stereocenters. The summed E-state index contributed by atoms with van der Waals surface area (Å²) in [7, 11) is 5.22. The van der Waals surface area contributed by atoms with E-state index in [1.165, 1.54) is 0 Å². The number of nitrogen functional groups attached to an aromatic ring is 1. The van der Waals surface area contributed by atoms with Gasteiger partial charge in [0.25, 0.3) is 0 Å². The zero-order chi connectivity index (χ0) is 12.1. The number of benzene rings is 1. The molecule has 1 aromatic rings. The lowest BCUT2D eigenvalue weighted by Crippen LogP contribution is -2.27. The molecule has 0 aliphatic heterocycles. The Balaban J connectivity index is 2.75. The quantitative estimate of drug-likeness (QED) is 0.740. The first kappa shape index (κ1) is 12.3. The number of nitrogens with two attached hydrogens (primary N) is 1. The number of hydrogen-bond donors (Lipinski definition) is 2. The van der Waals surface area contributed by atoms with Crippen LogP contribution >= 0.6 is 0 Å². The van der Waals surface area contributed by atoms with Gasteiger partial charge in [0.2, 0.25) is 5.91 Å². The predicted octanol–water partition coefficient (Wildman–Crippen LogP) is 0.777. The highest BCUT2D eigenvalue weighted by Gasteiger charge is 2.07. The van der Waals surface area contributed by atoms with Crippen LogP contribution in [0.3, 0.4) is 0 Å². The molecule has 5 heteroatoms. The van der Waals surface area contributed by atoms with Gasteiger partial charge in [-0.25, -0.2) is 0 Å². The average Bonchev–Trinajstić information content (AvgIpc) is 2.20. The molecule has 0 heterocycles. The van der Waals surface area contributed by atoms with Crippen LogP contribution in [0.25, 0.3) is 0 Å². The van der Waals surface area contributed by atoms with E-state index in [0.29, 0.717) is 23.7 Å². The smallest absolute Gasteiger partial charge is 0.238 e. The third-order valence-electron chi connectivity index (χ3n) is 1.99. The molecule has 88 valence electrons. The van der Waals surface area contributed by atoms with E-state index in [4.69, 9.17) is 10.5 Å². The van der Waals surface area contributed by atoms with Crippen molar-refractivity contribution in [2.45, 2.75) is 0 Å². The highest BCUT2D eigenvalue weighted by atomic mass is 16.5. The lowest BCUT2D eigenvalue weighted by atomic mass is 10.2. The van der Waals surface area contributed by atoms with Gasteiger partial charge in [0, 0.05) is 6.07 Å². The van der Waals surface area contributed by atoms with Crippen LogP contribution in [0.1, 0.15) is 0 Å². The van der Waals surface area contributed by atoms with Gasteiger partial charge >= 0.3 is 0 Å². The van der Waals surface area contributed by atoms with Gasteiger partial charge in [-0.05, 0) is 26.2 Å². The fourth-order valence-corrected chi connectivity index (χ4v) is 1.25. The zero-order valence-corrected chi connectivity index (χ0v) is 9.78. The molecule has 3 N–H and O–H groups in total. The highest BCUT2D eigenvalue weighted by Crippen LogP contribution is 2.24. The molecule has 1 aromatic carbocycles. The first-order valence-corrected chi connectivity index (χ1v) is 4.91. The van der Waals surface area contributed by atoms with E-state index in [1.54, 1.807) is 30.2 Å².